The van der Waals surface area contributed by atoms with Gasteiger partial charge in [-0.3, -0.25) is 28.8 Å². The van der Waals surface area contributed by atoms with Crippen molar-refractivity contribution in [1.82, 2.24) is 0 Å². The molecule has 4 N–H and O–H groups in total. The molecule has 1 amide bonds. The summed E-state index contributed by atoms with van der Waals surface area (Å²) in [4.78, 5) is 77.2. The molecule has 3 aliphatic carbocycles. The van der Waals surface area contributed by atoms with Crippen LogP contribution in [0.15, 0.2) is 36.4 Å². The van der Waals surface area contributed by atoms with Gasteiger partial charge >= 0.3 is 0 Å². The molecular formula is C29H27NO8. The average Bonchev–Trinajstić information content (AvgIpc) is 2.84. The zero-order chi connectivity index (χ0) is 27.5. The van der Waals surface area contributed by atoms with E-state index in [-0.39, 0.29) is 42.8 Å². The van der Waals surface area contributed by atoms with Gasteiger partial charge < -0.3 is 15.9 Å². The molecule has 3 aliphatic rings. The molecule has 0 aliphatic heterocycles. The van der Waals surface area contributed by atoms with Crippen LogP contribution in [0.25, 0.3) is 0 Å². The van der Waals surface area contributed by atoms with Crippen LogP contribution in [-0.2, 0) is 43.2 Å². The Labute approximate surface area is 218 Å². The molecule has 38 heavy (non-hydrogen) atoms. The van der Waals surface area contributed by atoms with E-state index in [1.165, 1.54) is 6.07 Å². The summed E-state index contributed by atoms with van der Waals surface area (Å²) in [6.45, 7) is 1.95. The van der Waals surface area contributed by atoms with E-state index in [0.717, 1.165) is 11.1 Å². The number of nitrogens with two attached hydrogens (primary N) is 1. The number of hydrogen-bond donors (Lipinski definition) is 3. The SMILES string of the molecule is Cc1ccc(CC(=O)Cc2ccc(O)c3c2C[C@H]2C[C@H]4CC(=O)C(C(N)=O)C(=O)[C@@]4(O)C(=O)C2C3=O)cc1. The second-order valence-corrected chi connectivity index (χ2v) is 10.7. The molecule has 2 fully saturated rings. The molecule has 0 bridgehead atoms. The lowest BCUT2D eigenvalue weighted by atomic mass is 9.53. The first-order valence-electron chi connectivity index (χ1n) is 12.5. The van der Waals surface area contributed by atoms with Gasteiger partial charge in [0.1, 0.15) is 11.5 Å². The number of carbonyl (C=O) groups excluding carboxylic acids is 6. The number of carbonyl (C=O) groups is 6. The molecule has 9 heteroatoms. The van der Waals surface area contributed by atoms with E-state index in [4.69, 9.17) is 5.73 Å². The Morgan fingerprint density at radius 3 is 2.32 bits per heavy atom. The van der Waals surface area contributed by atoms with Crippen molar-refractivity contribution in [2.45, 2.75) is 44.6 Å². The smallest absolute Gasteiger partial charge is 0.235 e. The normalized spacial score (nSPS) is 28.4. The minimum Gasteiger partial charge on any atom is -0.507 e. The van der Waals surface area contributed by atoms with E-state index in [1.54, 1.807) is 6.07 Å². The Bertz CT molecular complexity index is 1420. The van der Waals surface area contributed by atoms with Crippen LogP contribution in [-0.4, -0.2) is 50.6 Å². The lowest BCUT2D eigenvalue weighted by Gasteiger charge is -2.48. The quantitative estimate of drug-likeness (QED) is 0.493. The van der Waals surface area contributed by atoms with Gasteiger partial charge in [-0.1, -0.05) is 35.9 Å². The van der Waals surface area contributed by atoms with E-state index in [2.05, 4.69) is 0 Å². The summed E-state index contributed by atoms with van der Waals surface area (Å²) in [5.41, 5.74) is 5.34. The number of fused-ring (bicyclic) bond motifs is 3. The van der Waals surface area contributed by atoms with Crippen LogP contribution in [0.2, 0.25) is 0 Å². The third kappa shape index (κ3) is 3.89. The van der Waals surface area contributed by atoms with Gasteiger partial charge in [-0.2, -0.15) is 0 Å². The predicted molar refractivity (Wildman–Crippen MR) is 132 cm³/mol. The van der Waals surface area contributed by atoms with Crippen LogP contribution in [0.5, 0.6) is 5.75 Å². The number of hydrogen-bond acceptors (Lipinski definition) is 8. The minimum atomic E-state index is -2.68. The van der Waals surface area contributed by atoms with Gasteiger partial charge in [0.25, 0.3) is 0 Å². The number of aromatic hydroxyl groups is 1. The van der Waals surface area contributed by atoms with Gasteiger partial charge in [0.2, 0.25) is 5.91 Å². The standard InChI is InChI=1S/C29H27NO8/c1-13-2-4-14(5-3-13)8-18(31)10-15-6-7-20(32)23-19(15)11-16-9-17-12-21(33)24(28(30)37)27(36)29(17,38)26(35)22(16)25(23)34/h2-7,16-17,22,24,32,38H,8-12H2,1H3,(H2,30,37)/t16-,17+,22?,24?,29+/m1/s1. The Balaban J connectivity index is 1.47. The third-order valence-corrected chi connectivity index (χ3v) is 8.29. The first-order chi connectivity index (χ1) is 17.9. The fourth-order valence-electron chi connectivity index (χ4n) is 6.41. The van der Waals surface area contributed by atoms with Crippen LogP contribution in [0, 0.1) is 30.6 Å². The van der Waals surface area contributed by atoms with Crippen molar-refractivity contribution in [2.75, 3.05) is 0 Å². The van der Waals surface area contributed by atoms with Crippen LogP contribution in [0.4, 0.5) is 0 Å². The van der Waals surface area contributed by atoms with Gasteiger partial charge in [-0.15, -0.1) is 0 Å². The number of rotatable bonds is 5. The Morgan fingerprint density at radius 1 is 0.974 bits per heavy atom. The summed E-state index contributed by atoms with van der Waals surface area (Å²) in [5.74, 6) is -10.7. The van der Waals surface area contributed by atoms with Crippen LogP contribution in [0.3, 0.4) is 0 Å². The number of benzene rings is 2. The molecule has 2 aromatic rings. The lowest BCUT2D eigenvalue weighted by Crippen LogP contribution is -2.68. The largest absolute Gasteiger partial charge is 0.507 e. The molecule has 9 nitrogen and oxygen atoms in total. The summed E-state index contributed by atoms with van der Waals surface area (Å²) in [7, 11) is 0. The average molecular weight is 518 g/mol. The van der Waals surface area contributed by atoms with Crippen LogP contribution in [0.1, 0.15) is 45.5 Å². The van der Waals surface area contributed by atoms with Crippen molar-refractivity contribution < 1.29 is 39.0 Å². The first-order valence-corrected chi connectivity index (χ1v) is 12.5. The van der Waals surface area contributed by atoms with Crippen molar-refractivity contribution in [3.63, 3.8) is 0 Å². The Morgan fingerprint density at radius 2 is 1.66 bits per heavy atom. The molecule has 0 aromatic heterocycles. The number of amides is 1. The number of primary amides is 1. The minimum absolute atomic E-state index is 0.00740. The number of aryl methyl sites for hydroxylation is 1. The number of aliphatic hydroxyl groups is 1. The van der Waals surface area contributed by atoms with Crippen molar-refractivity contribution in [3.05, 3.63) is 64.2 Å². The maximum absolute atomic E-state index is 13.6. The molecule has 2 saturated carbocycles. The highest BCUT2D eigenvalue weighted by Crippen LogP contribution is 2.50. The highest BCUT2D eigenvalue weighted by molar-refractivity contribution is 6.31. The van der Waals surface area contributed by atoms with Gasteiger partial charge in [-0.25, -0.2) is 0 Å². The van der Waals surface area contributed by atoms with Gasteiger partial charge in [0.15, 0.2) is 34.7 Å². The van der Waals surface area contributed by atoms with E-state index >= 15 is 0 Å². The third-order valence-electron chi connectivity index (χ3n) is 8.29. The summed E-state index contributed by atoms with van der Waals surface area (Å²) in [6, 6.07) is 10.5. The lowest BCUT2D eigenvalue weighted by molar-refractivity contribution is -0.175. The molecular weight excluding hydrogens is 490 g/mol. The summed E-state index contributed by atoms with van der Waals surface area (Å²) in [6.07, 6.45) is -0.0387. The van der Waals surface area contributed by atoms with E-state index in [9.17, 15) is 39.0 Å². The van der Waals surface area contributed by atoms with Crippen LogP contribution >= 0.6 is 0 Å². The predicted octanol–water partition coefficient (Wildman–Crippen LogP) is 0.990. The second-order valence-electron chi connectivity index (χ2n) is 10.7. The molecule has 196 valence electrons. The van der Waals surface area contributed by atoms with Crippen molar-refractivity contribution in [2.24, 2.45) is 29.4 Å². The van der Waals surface area contributed by atoms with Gasteiger partial charge in [-0.05, 0) is 48.4 Å². The molecule has 0 heterocycles. The maximum Gasteiger partial charge on any atom is 0.235 e. The maximum atomic E-state index is 13.6. The Kier molecular flexibility index (Phi) is 6.14. The molecule has 0 radical (unpaired) electrons. The zero-order valence-corrected chi connectivity index (χ0v) is 20.7. The topological polar surface area (TPSA) is 169 Å². The van der Waals surface area contributed by atoms with E-state index < -0.39 is 64.7 Å². The van der Waals surface area contributed by atoms with Gasteiger partial charge in [0, 0.05) is 25.2 Å². The second kappa shape index (κ2) is 9.09. The molecule has 5 atom stereocenters. The van der Waals surface area contributed by atoms with E-state index in [1.807, 2.05) is 31.2 Å². The number of phenols is 1. The highest BCUT2D eigenvalue weighted by atomic mass is 16.3. The van der Waals surface area contributed by atoms with Gasteiger partial charge in [0.05, 0.1) is 11.5 Å². The number of phenolic OH excluding ortho intramolecular Hbond substituents is 1. The fraction of sp³-hybridized carbons (Fsp3) is 0.379. The number of ketones is 5. The van der Waals surface area contributed by atoms with Crippen molar-refractivity contribution >= 4 is 34.8 Å². The van der Waals surface area contributed by atoms with E-state index in [0.29, 0.717) is 11.1 Å². The van der Waals surface area contributed by atoms with Crippen molar-refractivity contribution in [3.8, 4) is 5.75 Å². The Hall–Kier alpha value is -3.98. The molecule has 5 rings (SSSR count). The molecule has 0 spiro atoms. The molecule has 2 aromatic carbocycles. The first kappa shape index (κ1) is 25.7. The highest BCUT2D eigenvalue weighted by Gasteiger charge is 2.66. The zero-order valence-electron chi connectivity index (χ0n) is 20.7. The number of Topliss-reactive ketones (excluding diaryl/α,β-unsaturated/α-hetero) is 5. The van der Waals surface area contributed by atoms with Crippen LogP contribution < -0.4 is 5.73 Å². The monoisotopic (exact) mass is 517 g/mol. The molecule has 0 saturated heterocycles. The summed E-state index contributed by atoms with van der Waals surface area (Å²) < 4.78 is 0. The molecule has 2 unspecified atom stereocenters. The van der Waals surface area contributed by atoms with Crippen molar-refractivity contribution in [1.29, 1.82) is 0 Å². The summed E-state index contributed by atoms with van der Waals surface area (Å²) >= 11 is 0. The fourth-order valence-corrected chi connectivity index (χ4v) is 6.41. The summed E-state index contributed by atoms with van der Waals surface area (Å²) in [5, 5.41) is 21.8.